The van der Waals surface area contributed by atoms with Gasteiger partial charge in [0.05, 0.1) is 12.9 Å². The van der Waals surface area contributed by atoms with Crippen LogP contribution in [0.5, 0.6) is 0 Å². The SMILES string of the molecule is Nc1nc2c(ncn2[C@@H]2O[C@@H](CO)[C@H]3OP(=O)(O)O[C@H]32)c(=O)[nH]1. The van der Waals surface area contributed by atoms with Gasteiger partial charge in [0.2, 0.25) is 5.95 Å². The molecule has 13 heteroatoms. The van der Waals surface area contributed by atoms with Crippen molar-refractivity contribution in [3.8, 4) is 0 Å². The summed E-state index contributed by atoms with van der Waals surface area (Å²) in [5.74, 6) is -0.117. The van der Waals surface area contributed by atoms with E-state index in [1.54, 1.807) is 0 Å². The summed E-state index contributed by atoms with van der Waals surface area (Å²) in [7, 11) is -4.23. The van der Waals surface area contributed by atoms with E-state index < -0.39 is 44.5 Å². The van der Waals surface area contributed by atoms with Crippen LogP contribution in [0.3, 0.4) is 0 Å². The molecule has 0 amide bonds. The Morgan fingerprint density at radius 1 is 1.43 bits per heavy atom. The number of phosphoric acid groups is 1. The largest absolute Gasteiger partial charge is 0.473 e. The molecule has 12 nitrogen and oxygen atoms in total. The number of hydrogen-bond acceptors (Lipinski definition) is 9. The number of H-pyrrole nitrogens is 1. The highest BCUT2D eigenvalue weighted by Crippen LogP contribution is 2.58. The van der Waals surface area contributed by atoms with E-state index in [-0.39, 0.29) is 17.1 Å². The quantitative estimate of drug-likeness (QED) is 0.467. The number of ether oxygens (including phenoxy) is 1. The molecule has 2 aromatic heterocycles. The van der Waals surface area contributed by atoms with Gasteiger partial charge in [0.1, 0.15) is 18.3 Å². The van der Waals surface area contributed by atoms with Crippen molar-refractivity contribution in [2.24, 2.45) is 0 Å². The first-order valence-corrected chi connectivity index (χ1v) is 8.07. The first-order chi connectivity index (χ1) is 10.9. The molecule has 0 bridgehead atoms. The predicted octanol–water partition coefficient (Wildman–Crippen LogP) is -1.52. The smallest absolute Gasteiger partial charge is 0.394 e. The van der Waals surface area contributed by atoms with Crippen molar-refractivity contribution >= 4 is 24.9 Å². The second-order valence-electron chi connectivity index (χ2n) is 5.13. The fourth-order valence-corrected chi connectivity index (χ4v) is 3.92. The highest BCUT2D eigenvalue weighted by Gasteiger charge is 2.57. The molecule has 2 aromatic rings. The van der Waals surface area contributed by atoms with Gasteiger partial charge in [-0.1, -0.05) is 0 Å². The zero-order valence-electron chi connectivity index (χ0n) is 11.4. The van der Waals surface area contributed by atoms with E-state index >= 15 is 0 Å². The third kappa shape index (κ3) is 2.19. The Kier molecular flexibility index (Phi) is 3.10. The molecule has 2 aliphatic heterocycles. The number of aromatic nitrogens is 4. The summed E-state index contributed by atoms with van der Waals surface area (Å²) in [4.78, 5) is 31.5. The minimum absolute atomic E-state index is 0.0258. The minimum Gasteiger partial charge on any atom is -0.394 e. The van der Waals surface area contributed by atoms with Gasteiger partial charge in [-0.05, 0) is 0 Å². The standard InChI is InChI=1S/C10H12N5O7P/c11-10-13-7-4(8(17)14-10)12-2-15(7)9-6-5(3(1-16)20-9)21-23(18,19)22-6/h2-3,5-6,9,16H,1H2,(H,18,19)(H3,11,13,14,17)/t3-,5+,6+,9+/m0/s1. The number of aliphatic hydroxyl groups excluding tert-OH is 1. The summed E-state index contributed by atoms with van der Waals surface area (Å²) in [6.45, 7) is -0.441. The lowest BCUT2D eigenvalue weighted by Crippen LogP contribution is -2.30. The minimum atomic E-state index is -4.23. The van der Waals surface area contributed by atoms with Gasteiger partial charge in [0.25, 0.3) is 5.56 Å². The maximum Gasteiger partial charge on any atom is 0.473 e. The number of imidazole rings is 1. The first kappa shape index (κ1) is 14.8. The molecular formula is C10H12N5O7P. The number of nitrogens with two attached hydrogens (primary N) is 1. The zero-order valence-corrected chi connectivity index (χ0v) is 12.3. The van der Waals surface area contributed by atoms with Gasteiger partial charge >= 0.3 is 7.82 Å². The molecule has 2 saturated heterocycles. The molecule has 2 aliphatic rings. The number of aliphatic hydroxyl groups is 1. The Morgan fingerprint density at radius 3 is 2.91 bits per heavy atom. The van der Waals surface area contributed by atoms with E-state index in [1.807, 2.05) is 0 Å². The molecule has 1 unspecified atom stereocenters. The summed E-state index contributed by atoms with van der Waals surface area (Å²) >= 11 is 0. The lowest BCUT2D eigenvalue weighted by atomic mass is 10.1. The number of nitrogen functional groups attached to an aromatic ring is 1. The molecular weight excluding hydrogens is 333 g/mol. The Hall–Kier alpha value is -1.82. The van der Waals surface area contributed by atoms with Gasteiger partial charge in [0, 0.05) is 0 Å². The molecule has 5 N–H and O–H groups in total. The maximum atomic E-state index is 11.8. The van der Waals surface area contributed by atoms with Crippen LogP contribution in [0.4, 0.5) is 5.95 Å². The van der Waals surface area contributed by atoms with Crippen molar-refractivity contribution in [1.82, 2.24) is 19.5 Å². The fourth-order valence-electron chi connectivity index (χ4n) is 2.78. The molecule has 23 heavy (non-hydrogen) atoms. The molecule has 4 heterocycles. The zero-order chi connectivity index (χ0) is 16.4. The van der Waals surface area contributed by atoms with E-state index in [4.69, 9.17) is 19.5 Å². The van der Waals surface area contributed by atoms with Gasteiger partial charge in [-0.3, -0.25) is 23.4 Å². The maximum absolute atomic E-state index is 11.8. The molecule has 2 fully saturated rings. The van der Waals surface area contributed by atoms with E-state index in [0.717, 1.165) is 0 Å². The lowest BCUT2D eigenvalue weighted by molar-refractivity contribution is -0.0589. The fraction of sp³-hybridized carbons (Fsp3) is 0.500. The van der Waals surface area contributed by atoms with Crippen molar-refractivity contribution in [3.63, 3.8) is 0 Å². The molecule has 0 spiro atoms. The molecule has 4 rings (SSSR count). The van der Waals surface area contributed by atoms with Crippen LogP contribution in [0, 0.1) is 0 Å². The number of hydrogen-bond donors (Lipinski definition) is 4. The number of nitrogens with zero attached hydrogens (tertiary/aromatic N) is 3. The summed E-state index contributed by atoms with van der Waals surface area (Å²) in [5, 5.41) is 9.35. The van der Waals surface area contributed by atoms with Crippen molar-refractivity contribution in [2.45, 2.75) is 24.5 Å². The Morgan fingerprint density at radius 2 is 2.17 bits per heavy atom. The molecule has 0 aliphatic carbocycles. The van der Waals surface area contributed by atoms with Gasteiger partial charge < -0.3 is 20.5 Å². The average molecular weight is 345 g/mol. The number of aromatic amines is 1. The van der Waals surface area contributed by atoms with Crippen LogP contribution in [0.15, 0.2) is 11.1 Å². The Balaban J connectivity index is 1.82. The van der Waals surface area contributed by atoms with E-state index in [2.05, 4.69) is 15.0 Å². The van der Waals surface area contributed by atoms with Gasteiger partial charge in [-0.25, -0.2) is 9.55 Å². The van der Waals surface area contributed by atoms with Crippen molar-refractivity contribution in [3.05, 3.63) is 16.7 Å². The van der Waals surface area contributed by atoms with Crippen LogP contribution in [0.1, 0.15) is 6.23 Å². The second-order valence-corrected chi connectivity index (χ2v) is 6.49. The third-order valence-corrected chi connectivity index (χ3v) is 4.72. The van der Waals surface area contributed by atoms with Crippen LogP contribution < -0.4 is 11.3 Å². The van der Waals surface area contributed by atoms with E-state index in [1.165, 1.54) is 10.9 Å². The van der Waals surface area contributed by atoms with Crippen LogP contribution in [-0.4, -0.2) is 54.4 Å². The van der Waals surface area contributed by atoms with E-state index in [0.29, 0.717) is 0 Å². The molecule has 124 valence electrons. The highest BCUT2D eigenvalue weighted by molar-refractivity contribution is 7.47. The predicted molar refractivity (Wildman–Crippen MR) is 73.1 cm³/mol. The normalized spacial score (nSPS) is 36.6. The van der Waals surface area contributed by atoms with Crippen LogP contribution >= 0.6 is 7.82 Å². The number of anilines is 1. The van der Waals surface area contributed by atoms with Crippen molar-refractivity contribution in [1.29, 1.82) is 0 Å². The number of nitrogens with one attached hydrogen (secondary N) is 1. The summed E-state index contributed by atoms with van der Waals surface area (Å²) < 4.78 is 28.5. The molecule has 0 radical (unpaired) electrons. The van der Waals surface area contributed by atoms with Crippen molar-refractivity contribution in [2.75, 3.05) is 12.3 Å². The first-order valence-electron chi connectivity index (χ1n) is 6.58. The van der Waals surface area contributed by atoms with Crippen LogP contribution in [0.2, 0.25) is 0 Å². The molecule has 0 aromatic carbocycles. The van der Waals surface area contributed by atoms with Gasteiger partial charge in [0.15, 0.2) is 17.4 Å². The summed E-state index contributed by atoms with van der Waals surface area (Å²) in [6.07, 6.45) is -2.46. The molecule has 0 saturated carbocycles. The average Bonchev–Trinajstić information content (AvgIpc) is 3.09. The van der Waals surface area contributed by atoms with Gasteiger partial charge in [-0.2, -0.15) is 4.98 Å². The third-order valence-electron chi connectivity index (χ3n) is 3.70. The Bertz CT molecular complexity index is 880. The van der Waals surface area contributed by atoms with Gasteiger partial charge in [-0.15, -0.1) is 0 Å². The second kappa shape index (κ2) is 4.84. The van der Waals surface area contributed by atoms with Crippen LogP contribution in [0.25, 0.3) is 11.2 Å². The van der Waals surface area contributed by atoms with E-state index in [9.17, 15) is 19.4 Å². The number of phosphoric ester groups is 1. The highest BCUT2D eigenvalue weighted by atomic mass is 31.2. The Labute approximate surface area is 127 Å². The number of fused-ring (bicyclic) bond motifs is 2. The summed E-state index contributed by atoms with van der Waals surface area (Å²) in [5.41, 5.74) is 5.14. The number of rotatable bonds is 2. The topological polar surface area (TPSA) is 175 Å². The lowest BCUT2D eigenvalue weighted by Gasteiger charge is -2.18. The molecule has 5 atom stereocenters. The van der Waals surface area contributed by atoms with Crippen LogP contribution in [-0.2, 0) is 18.3 Å². The van der Waals surface area contributed by atoms with Crippen molar-refractivity contribution < 1.29 is 28.3 Å². The summed E-state index contributed by atoms with van der Waals surface area (Å²) in [6, 6.07) is 0. The monoisotopic (exact) mass is 345 g/mol.